The van der Waals surface area contributed by atoms with E-state index in [1.807, 2.05) is 0 Å². The Hall–Kier alpha value is -5.11. The SMILES string of the molecule is CC(O)C(=O)OOC(=O)/C=C/C(=O)OOC(=O)/C=C\C(=O)OOC(=O)/C=C/C(=O)OOC(=O)C(O)COP1(=O)OC(O)(C(O)CO)O1. The zero-order valence-corrected chi connectivity index (χ0v) is 23.9. The predicted octanol–water partition coefficient (Wildman–Crippen LogP) is -4.43. The summed E-state index contributed by atoms with van der Waals surface area (Å²) in [5, 5.41) is 45.7. The van der Waals surface area contributed by atoms with Crippen LogP contribution in [0.25, 0.3) is 0 Å². The normalized spacial score (nSPS) is 20.6. The molecule has 0 aromatic carbocycles. The molecule has 26 heteroatoms. The molecule has 3 unspecified atom stereocenters. The van der Waals surface area contributed by atoms with Crippen LogP contribution < -0.4 is 0 Å². The molecule has 1 rings (SSSR count). The molecule has 0 aromatic heterocycles. The number of hydrogen-bond acceptors (Lipinski definition) is 25. The number of carbonyl (C=O) groups is 8. The Morgan fingerprint density at radius 3 is 1.28 bits per heavy atom. The van der Waals surface area contributed by atoms with Crippen molar-refractivity contribution in [2.75, 3.05) is 13.2 Å². The van der Waals surface area contributed by atoms with Crippen molar-refractivity contribution in [3.63, 3.8) is 0 Å². The molecule has 0 aliphatic carbocycles. The average molecular weight is 704 g/mol. The van der Waals surface area contributed by atoms with Gasteiger partial charge in [-0.1, -0.05) is 0 Å². The lowest BCUT2D eigenvalue weighted by atomic mass is 10.3. The Morgan fingerprint density at radius 2 is 0.957 bits per heavy atom. The van der Waals surface area contributed by atoms with Crippen molar-refractivity contribution in [2.45, 2.75) is 31.2 Å². The number of hydrogen-bond donors (Lipinski definition) is 5. The highest BCUT2D eigenvalue weighted by atomic mass is 31.2. The van der Waals surface area contributed by atoms with Gasteiger partial charge in [-0.3, -0.25) is 4.52 Å². The van der Waals surface area contributed by atoms with Crippen molar-refractivity contribution in [1.82, 2.24) is 0 Å². The Labute approximate surface area is 258 Å². The third-order valence-electron chi connectivity index (χ3n) is 3.97. The number of phosphoric ester groups is 1. The van der Waals surface area contributed by atoms with Crippen molar-refractivity contribution in [3.8, 4) is 0 Å². The number of aliphatic hydroxyl groups excluding tert-OH is 4. The average Bonchev–Trinajstić information content (AvgIpc) is 3.02. The molecule has 0 aromatic rings. The molecule has 0 saturated carbocycles. The molecule has 1 aliphatic heterocycles. The molecule has 260 valence electrons. The quantitative estimate of drug-likeness (QED) is 0.0522. The maximum Gasteiger partial charge on any atom is 0.483 e. The van der Waals surface area contributed by atoms with Gasteiger partial charge in [-0.05, 0) is 6.92 Å². The van der Waals surface area contributed by atoms with E-state index in [9.17, 15) is 58.2 Å². The van der Waals surface area contributed by atoms with E-state index in [1.54, 1.807) is 0 Å². The number of rotatable bonds is 13. The predicted molar refractivity (Wildman–Crippen MR) is 128 cm³/mol. The molecule has 0 spiro atoms. The van der Waals surface area contributed by atoms with E-state index in [4.69, 9.17) is 10.2 Å². The molecule has 25 nitrogen and oxygen atoms in total. The first kappa shape index (κ1) is 39.9. The molecule has 0 bridgehead atoms. The van der Waals surface area contributed by atoms with Crippen molar-refractivity contribution in [1.29, 1.82) is 0 Å². The lowest BCUT2D eigenvalue weighted by molar-refractivity contribution is -0.387. The van der Waals surface area contributed by atoms with Crippen molar-refractivity contribution < 1.29 is 121 Å². The third kappa shape index (κ3) is 15.2. The first-order chi connectivity index (χ1) is 21.9. The summed E-state index contributed by atoms with van der Waals surface area (Å²) in [6.07, 6.45) is -4.03. The van der Waals surface area contributed by atoms with Gasteiger partial charge in [0, 0.05) is 36.5 Å². The standard InChI is InChI=1S/C21H21O25P/c1-10(23)19(32)43-41-17(30)6-4-15(28)39-37-13(26)2-3-14(27)38-40-16(29)5-7-18(31)42-44-20(33)11(24)9-36-47(35)45-21(34,46-47)12(25)8-22/h2-7,10-12,22-25,34H,8-9H2,1H3/b3-2-,6-4+,7-5+. The Kier molecular flexibility index (Phi) is 15.9. The summed E-state index contributed by atoms with van der Waals surface area (Å²) in [5.74, 6) is -14.9. The lowest BCUT2D eigenvalue weighted by Crippen LogP contribution is -2.54. The van der Waals surface area contributed by atoms with Crippen LogP contribution in [0.2, 0.25) is 0 Å². The van der Waals surface area contributed by atoms with Crippen LogP contribution in [0.15, 0.2) is 36.5 Å². The highest BCUT2D eigenvalue weighted by Gasteiger charge is 2.61. The van der Waals surface area contributed by atoms with Crippen LogP contribution in [0.4, 0.5) is 0 Å². The summed E-state index contributed by atoms with van der Waals surface area (Å²) in [6, 6.07) is 0. The van der Waals surface area contributed by atoms with Crippen molar-refractivity contribution in [3.05, 3.63) is 36.5 Å². The van der Waals surface area contributed by atoms with Gasteiger partial charge in [0.15, 0.2) is 18.3 Å². The number of aliphatic hydroxyl groups is 5. The molecular weight excluding hydrogens is 683 g/mol. The van der Waals surface area contributed by atoms with Crippen molar-refractivity contribution in [2.24, 2.45) is 0 Å². The fourth-order valence-corrected chi connectivity index (χ4v) is 3.20. The van der Waals surface area contributed by atoms with E-state index >= 15 is 0 Å². The van der Waals surface area contributed by atoms with E-state index in [-0.39, 0.29) is 12.2 Å². The Morgan fingerprint density at radius 1 is 0.638 bits per heavy atom. The molecule has 5 N–H and O–H groups in total. The Bertz CT molecular complexity index is 1330. The van der Waals surface area contributed by atoms with Crippen LogP contribution in [-0.4, -0.2) is 111 Å². The van der Waals surface area contributed by atoms with Crippen LogP contribution in [0.5, 0.6) is 0 Å². The summed E-state index contributed by atoms with van der Waals surface area (Å²) >= 11 is 0. The van der Waals surface area contributed by atoms with Crippen LogP contribution in [0, 0.1) is 0 Å². The zero-order chi connectivity index (χ0) is 35.8. The Balaban J connectivity index is 2.29. The summed E-state index contributed by atoms with van der Waals surface area (Å²) in [7, 11) is -4.55. The minimum Gasteiger partial charge on any atom is -0.393 e. The van der Waals surface area contributed by atoms with Gasteiger partial charge in [0.1, 0.15) is 0 Å². The fourth-order valence-electron chi connectivity index (χ4n) is 1.88. The summed E-state index contributed by atoms with van der Waals surface area (Å²) in [6.45, 7) is -1.22. The van der Waals surface area contributed by atoms with Gasteiger partial charge in [0.2, 0.25) is 0 Å². The van der Waals surface area contributed by atoms with Crippen LogP contribution >= 0.6 is 7.82 Å². The minimum atomic E-state index is -4.55. The molecular formula is C21H21O25P. The smallest absolute Gasteiger partial charge is 0.393 e. The van der Waals surface area contributed by atoms with Crippen LogP contribution in [0.1, 0.15) is 6.92 Å². The first-order valence-corrected chi connectivity index (χ1v) is 13.1. The van der Waals surface area contributed by atoms with Crippen molar-refractivity contribution >= 4 is 55.6 Å². The van der Waals surface area contributed by atoms with Gasteiger partial charge in [-0.2, -0.15) is 0 Å². The largest absolute Gasteiger partial charge is 0.483 e. The summed E-state index contributed by atoms with van der Waals surface area (Å²) in [5.41, 5.74) is 0. The second-order valence-corrected chi connectivity index (χ2v) is 9.18. The molecule has 3 atom stereocenters. The van der Waals surface area contributed by atoms with Gasteiger partial charge >= 0.3 is 61.6 Å². The highest BCUT2D eigenvalue weighted by molar-refractivity contribution is 7.49. The highest BCUT2D eigenvalue weighted by Crippen LogP contribution is 2.65. The van der Waals surface area contributed by atoms with Crippen LogP contribution in [-0.2, 0) is 95.6 Å². The van der Waals surface area contributed by atoms with E-state index in [1.165, 1.54) is 0 Å². The molecule has 1 fully saturated rings. The van der Waals surface area contributed by atoms with Gasteiger partial charge in [-0.25, -0.2) is 91.1 Å². The molecule has 47 heavy (non-hydrogen) atoms. The third-order valence-corrected chi connectivity index (χ3v) is 5.41. The van der Waals surface area contributed by atoms with E-state index < -0.39 is 93.1 Å². The number of carbonyl (C=O) groups excluding carboxylic acids is 8. The van der Waals surface area contributed by atoms with E-state index in [0.29, 0.717) is 24.3 Å². The second kappa shape index (κ2) is 18.8. The lowest BCUT2D eigenvalue weighted by Gasteiger charge is -2.42. The van der Waals surface area contributed by atoms with Gasteiger partial charge < -0.3 is 25.5 Å². The zero-order valence-electron chi connectivity index (χ0n) is 23.0. The van der Waals surface area contributed by atoms with E-state index in [2.05, 4.69) is 52.7 Å². The summed E-state index contributed by atoms with van der Waals surface area (Å²) < 4.78 is 24.9. The van der Waals surface area contributed by atoms with Gasteiger partial charge in [0.25, 0.3) is 0 Å². The number of phosphoric acid groups is 1. The topological polar surface area (TPSA) is 356 Å². The van der Waals surface area contributed by atoms with Gasteiger partial charge in [0.05, 0.1) is 13.2 Å². The summed E-state index contributed by atoms with van der Waals surface area (Å²) in [4.78, 5) is 122. The second-order valence-electron chi connectivity index (χ2n) is 7.67. The molecule has 1 heterocycles. The molecule has 0 radical (unpaired) electrons. The van der Waals surface area contributed by atoms with Gasteiger partial charge in [-0.15, -0.1) is 0 Å². The molecule has 1 saturated heterocycles. The maximum atomic E-state index is 11.8. The minimum absolute atomic E-state index is 0.270. The first-order valence-electron chi connectivity index (χ1n) is 11.7. The monoisotopic (exact) mass is 704 g/mol. The molecule has 0 amide bonds. The molecule has 1 aliphatic rings. The van der Waals surface area contributed by atoms with Crippen LogP contribution in [0.3, 0.4) is 0 Å². The maximum absolute atomic E-state index is 11.8. The fraction of sp³-hybridized carbons (Fsp3) is 0.333. The van der Waals surface area contributed by atoms with E-state index in [0.717, 1.165) is 6.92 Å².